The number of carbonyl (C=O) groups is 3. The van der Waals surface area contributed by atoms with E-state index in [1.807, 2.05) is 49.4 Å². The number of nitrogens with zero attached hydrogens (tertiary/aromatic N) is 2. The molecular weight excluding hydrogens is 466 g/mol. The van der Waals surface area contributed by atoms with Gasteiger partial charge in [0.2, 0.25) is 5.91 Å². The van der Waals surface area contributed by atoms with Gasteiger partial charge in [0.25, 0.3) is 0 Å². The Labute approximate surface area is 205 Å². The van der Waals surface area contributed by atoms with Crippen molar-refractivity contribution >= 4 is 46.5 Å². The first-order valence-corrected chi connectivity index (χ1v) is 10.9. The van der Waals surface area contributed by atoms with Crippen molar-refractivity contribution in [2.75, 3.05) is 5.32 Å². The third-order valence-electron chi connectivity index (χ3n) is 5.08. The molecule has 4 aromatic rings. The number of carboxylic acids is 1. The van der Waals surface area contributed by atoms with Crippen LogP contribution in [0.4, 0.5) is 5.82 Å². The standard InChI is InChI=1S/C27H18ClN3O4/c1-16-2-6-18(22(28)10-16)7-3-17-4-8-19(9-5-17)23-11-20(15-32)21-14-29-25(12-24(21)30-23)31-26(33)13-27(34)35/h2,4-6,8-12,14-15H,13H2,1H3,(H,34,35)(H,29,31,33). The summed E-state index contributed by atoms with van der Waals surface area (Å²) in [4.78, 5) is 42.8. The molecule has 8 heteroatoms. The molecule has 0 bridgehead atoms. The number of amides is 1. The lowest BCUT2D eigenvalue weighted by Crippen LogP contribution is -2.16. The first kappa shape index (κ1) is 23.6. The zero-order valence-electron chi connectivity index (χ0n) is 18.5. The summed E-state index contributed by atoms with van der Waals surface area (Å²) in [6, 6.07) is 16.2. The van der Waals surface area contributed by atoms with Crippen LogP contribution in [0.1, 0.15) is 33.5 Å². The number of pyridine rings is 2. The molecule has 0 spiro atoms. The largest absolute Gasteiger partial charge is 0.481 e. The van der Waals surface area contributed by atoms with Gasteiger partial charge in [-0.15, -0.1) is 0 Å². The molecule has 0 aliphatic carbocycles. The molecule has 2 aromatic carbocycles. The SMILES string of the molecule is Cc1ccc(C#Cc2ccc(-c3cc(C=O)c4cnc(NC(=O)CC(=O)O)cc4n3)cc2)c(Cl)c1. The third-order valence-corrected chi connectivity index (χ3v) is 5.39. The molecule has 0 fully saturated rings. The lowest BCUT2D eigenvalue weighted by atomic mass is 10.0. The van der Waals surface area contributed by atoms with Crippen LogP contribution in [0.5, 0.6) is 0 Å². The summed E-state index contributed by atoms with van der Waals surface area (Å²) >= 11 is 6.25. The maximum Gasteiger partial charge on any atom is 0.312 e. The van der Waals surface area contributed by atoms with Gasteiger partial charge in [-0.25, -0.2) is 9.97 Å². The smallest absolute Gasteiger partial charge is 0.312 e. The van der Waals surface area contributed by atoms with Crippen LogP contribution in [0, 0.1) is 18.8 Å². The van der Waals surface area contributed by atoms with Gasteiger partial charge in [-0.3, -0.25) is 14.4 Å². The summed E-state index contributed by atoms with van der Waals surface area (Å²) in [6.07, 6.45) is 1.45. The highest BCUT2D eigenvalue weighted by Gasteiger charge is 2.12. The predicted octanol–water partition coefficient (Wildman–Crippen LogP) is 4.88. The van der Waals surface area contributed by atoms with Crippen molar-refractivity contribution in [3.05, 3.63) is 88.1 Å². The van der Waals surface area contributed by atoms with Gasteiger partial charge in [-0.1, -0.05) is 41.6 Å². The molecule has 0 aliphatic rings. The summed E-state index contributed by atoms with van der Waals surface area (Å²) in [5, 5.41) is 12.3. The number of rotatable bonds is 5. The lowest BCUT2D eigenvalue weighted by molar-refractivity contribution is -0.139. The van der Waals surface area contributed by atoms with Crippen molar-refractivity contribution in [3.63, 3.8) is 0 Å². The molecule has 1 amide bonds. The number of halogens is 1. The zero-order valence-corrected chi connectivity index (χ0v) is 19.3. The second-order valence-corrected chi connectivity index (χ2v) is 8.14. The quantitative estimate of drug-likeness (QED) is 0.238. The van der Waals surface area contributed by atoms with Gasteiger partial charge in [-0.05, 0) is 42.8 Å². The number of aryl methyl sites for hydroxylation is 1. The van der Waals surface area contributed by atoms with Crippen molar-refractivity contribution in [1.29, 1.82) is 0 Å². The number of carboxylic acid groups (broad SMARTS) is 1. The minimum atomic E-state index is -1.25. The number of hydrogen-bond donors (Lipinski definition) is 2. The molecule has 2 aromatic heterocycles. The minimum Gasteiger partial charge on any atom is -0.481 e. The maximum absolute atomic E-state index is 11.8. The number of nitrogens with one attached hydrogen (secondary N) is 1. The Morgan fingerprint density at radius 2 is 1.86 bits per heavy atom. The van der Waals surface area contributed by atoms with Gasteiger partial charge in [-0.2, -0.15) is 0 Å². The highest BCUT2D eigenvalue weighted by Crippen LogP contribution is 2.25. The average Bonchev–Trinajstić information content (AvgIpc) is 2.82. The molecule has 0 saturated heterocycles. The van der Waals surface area contributed by atoms with E-state index in [1.54, 1.807) is 6.07 Å². The molecule has 0 aliphatic heterocycles. The zero-order chi connectivity index (χ0) is 24.9. The number of carbonyl (C=O) groups excluding carboxylic acids is 2. The van der Waals surface area contributed by atoms with E-state index < -0.39 is 18.3 Å². The second-order valence-electron chi connectivity index (χ2n) is 7.73. The van der Waals surface area contributed by atoms with Crippen molar-refractivity contribution in [3.8, 4) is 23.1 Å². The van der Waals surface area contributed by atoms with E-state index in [-0.39, 0.29) is 5.82 Å². The monoisotopic (exact) mass is 483 g/mol. The fraction of sp³-hybridized carbons (Fsp3) is 0.0741. The number of hydrogen-bond acceptors (Lipinski definition) is 5. The molecule has 172 valence electrons. The number of aldehydes is 1. The van der Waals surface area contributed by atoms with Crippen molar-refractivity contribution < 1.29 is 19.5 Å². The van der Waals surface area contributed by atoms with Gasteiger partial charge in [0, 0.05) is 39.9 Å². The van der Waals surface area contributed by atoms with Crippen LogP contribution in [-0.2, 0) is 9.59 Å². The van der Waals surface area contributed by atoms with E-state index in [4.69, 9.17) is 16.7 Å². The van der Waals surface area contributed by atoms with Crippen LogP contribution < -0.4 is 5.32 Å². The van der Waals surface area contributed by atoms with Crippen LogP contribution in [0.15, 0.2) is 60.8 Å². The Balaban J connectivity index is 1.63. The fourth-order valence-corrected chi connectivity index (χ4v) is 3.65. The number of aliphatic carboxylic acids is 1. The number of benzene rings is 2. The summed E-state index contributed by atoms with van der Waals surface area (Å²) in [5.74, 6) is 4.35. The van der Waals surface area contributed by atoms with Crippen LogP contribution in [0.2, 0.25) is 5.02 Å². The number of anilines is 1. The van der Waals surface area contributed by atoms with Crippen LogP contribution >= 0.6 is 11.6 Å². The van der Waals surface area contributed by atoms with E-state index in [1.165, 1.54) is 12.3 Å². The summed E-state index contributed by atoms with van der Waals surface area (Å²) in [7, 11) is 0. The minimum absolute atomic E-state index is 0.144. The molecule has 0 saturated carbocycles. The molecule has 4 rings (SSSR count). The van der Waals surface area contributed by atoms with Crippen LogP contribution in [-0.4, -0.2) is 33.2 Å². The Morgan fingerprint density at radius 1 is 1.09 bits per heavy atom. The molecule has 0 radical (unpaired) electrons. The van der Waals surface area contributed by atoms with E-state index in [0.717, 1.165) is 22.3 Å². The van der Waals surface area contributed by atoms with E-state index in [2.05, 4.69) is 27.1 Å². The van der Waals surface area contributed by atoms with E-state index in [0.29, 0.717) is 33.5 Å². The van der Waals surface area contributed by atoms with Gasteiger partial charge in [0.05, 0.1) is 16.2 Å². The average molecular weight is 484 g/mol. The number of aromatic nitrogens is 2. The summed E-state index contributed by atoms with van der Waals surface area (Å²) in [5.41, 5.74) is 4.73. The van der Waals surface area contributed by atoms with Gasteiger partial charge in [0.15, 0.2) is 6.29 Å². The van der Waals surface area contributed by atoms with Crippen LogP contribution in [0.25, 0.3) is 22.2 Å². The normalized spacial score (nSPS) is 10.3. The lowest BCUT2D eigenvalue weighted by Gasteiger charge is -2.08. The topological polar surface area (TPSA) is 109 Å². The summed E-state index contributed by atoms with van der Waals surface area (Å²) < 4.78 is 0. The van der Waals surface area contributed by atoms with Crippen molar-refractivity contribution in [1.82, 2.24) is 9.97 Å². The van der Waals surface area contributed by atoms with E-state index >= 15 is 0 Å². The van der Waals surface area contributed by atoms with Crippen molar-refractivity contribution in [2.24, 2.45) is 0 Å². The molecule has 2 N–H and O–H groups in total. The van der Waals surface area contributed by atoms with Gasteiger partial charge in [0.1, 0.15) is 12.2 Å². The molecule has 0 atom stereocenters. The first-order chi connectivity index (χ1) is 16.8. The van der Waals surface area contributed by atoms with Crippen LogP contribution in [0.3, 0.4) is 0 Å². The Hall–Kier alpha value is -4.54. The third kappa shape index (κ3) is 5.69. The highest BCUT2D eigenvalue weighted by atomic mass is 35.5. The molecule has 0 unspecified atom stereocenters. The van der Waals surface area contributed by atoms with Gasteiger partial charge < -0.3 is 10.4 Å². The predicted molar refractivity (Wildman–Crippen MR) is 133 cm³/mol. The molecule has 35 heavy (non-hydrogen) atoms. The molecule has 2 heterocycles. The molecule has 7 nitrogen and oxygen atoms in total. The van der Waals surface area contributed by atoms with Crippen molar-refractivity contribution in [2.45, 2.75) is 13.3 Å². The maximum atomic E-state index is 11.8. The van der Waals surface area contributed by atoms with Gasteiger partial charge >= 0.3 is 5.97 Å². The Bertz CT molecular complexity index is 1540. The first-order valence-electron chi connectivity index (χ1n) is 10.5. The van der Waals surface area contributed by atoms with E-state index in [9.17, 15) is 14.4 Å². The summed E-state index contributed by atoms with van der Waals surface area (Å²) in [6.45, 7) is 1.96. The second kappa shape index (κ2) is 10.2. The number of fused-ring (bicyclic) bond motifs is 1. The molecular formula is C27H18ClN3O4. The highest BCUT2D eigenvalue weighted by molar-refractivity contribution is 6.31. The Morgan fingerprint density at radius 3 is 2.54 bits per heavy atom. The Kier molecular flexibility index (Phi) is 6.86. The fourth-order valence-electron chi connectivity index (χ4n) is 3.37.